The molecule has 1 heterocycles. The molecule has 3 amide bonds. The molecule has 3 atom stereocenters. The third kappa shape index (κ3) is 6.60. The topological polar surface area (TPSA) is 128 Å². The lowest BCUT2D eigenvalue weighted by Gasteiger charge is -2.38. The summed E-state index contributed by atoms with van der Waals surface area (Å²) in [6.45, 7) is 7.26. The first kappa shape index (κ1) is 28.4. The van der Waals surface area contributed by atoms with Crippen LogP contribution >= 0.6 is 0 Å². The number of likely N-dealkylation sites (N-methyl/N-ethyl adjacent to an activating group) is 1. The number of aliphatic hydroxyl groups excluding tert-OH is 1. The van der Waals surface area contributed by atoms with Gasteiger partial charge in [0.15, 0.2) is 5.75 Å². The van der Waals surface area contributed by atoms with Crippen molar-refractivity contribution in [2.45, 2.75) is 50.8 Å². The Kier molecular flexibility index (Phi) is 9.16. The summed E-state index contributed by atoms with van der Waals surface area (Å²) in [4.78, 5) is 27.7. The number of amides is 3. The fraction of sp³-hybridized carbons (Fsp3) is 0.462. The quantitative estimate of drug-likeness (QED) is 0.480. The van der Waals surface area contributed by atoms with Crippen molar-refractivity contribution in [1.82, 2.24) is 14.5 Å². The summed E-state index contributed by atoms with van der Waals surface area (Å²) in [7, 11) is -2.31. The minimum atomic E-state index is -3.80. The van der Waals surface area contributed by atoms with Gasteiger partial charge in [-0.05, 0) is 45.0 Å². The van der Waals surface area contributed by atoms with E-state index in [2.05, 4.69) is 10.6 Å². The van der Waals surface area contributed by atoms with Crippen LogP contribution in [0, 0.1) is 5.92 Å². The first-order valence-electron chi connectivity index (χ1n) is 12.3. The number of urea groups is 1. The summed E-state index contributed by atoms with van der Waals surface area (Å²) in [5.41, 5.74) is 0.501. The SMILES string of the molecule is CC(C)NC(=O)Nc1cccc2c1O[C@H](CN(C)S(=O)(=O)c1ccccc1)[C@H](C)CN([C@H](C)CO)C2=O. The van der Waals surface area contributed by atoms with Gasteiger partial charge in [-0.15, -0.1) is 0 Å². The number of nitrogens with one attached hydrogen (secondary N) is 2. The zero-order chi connectivity index (χ0) is 27.3. The van der Waals surface area contributed by atoms with Gasteiger partial charge in [0, 0.05) is 25.6 Å². The van der Waals surface area contributed by atoms with E-state index >= 15 is 0 Å². The van der Waals surface area contributed by atoms with Crippen molar-refractivity contribution in [1.29, 1.82) is 0 Å². The number of hydrogen-bond donors (Lipinski definition) is 3. The number of hydrogen-bond acceptors (Lipinski definition) is 6. The van der Waals surface area contributed by atoms with Gasteiger partial charge in [-0.2, -0.15) is 4.31 Å². The van der Waals surface area contributed by atoms with E-state index in [1.807, 2.05) is 20.8 Å². The summed E-state index contributed by atoms with van der Waals surface area (Å²) in [5.74, 6) is -0.499. The second-order valence-corrected chi connectivity index (χ2v) is 11.7. The van der Waals surface area contributed by atoms with Crippen molar-refractivity contribution < 1.29 is 27.9 Å². The van der Waals surface area contributed by atoms with E-state index in [9.17, 15) is 23.1 Å². The molecule has 3 N–H and O–H groups in total. The van der Waals surface area contributed by atoms with Gasteiger partial charge in [-0.1, -0.05) is 31.2 Å². The van der Waals surface area contributed by atoms with Crippen LogP contribution in [0.25, 0.3) is 0 Å². The molecule has 0 unspecified atom stereocenters. The van der Waals surface area contributed by atoms with Crippen molar-refractivity contribution >= 4 is 27.6 Å². The average molecular weight is 533 g/mol. The Balaban J connectivity index is 2.02. The molecular weight excluding hydrogens is 496 g/mol. The van der Waals surface area contributed by atoms with Crippen LogP contribution in [0.3, 0.4) is 0 Å². The number of anilines is 1. The minimum absolute atomic E-state index is 0.000104. The van der Waals surface area contributed by atoms with Crippen molar-refractivity contribution in [3.63, 3.8) is 0 Å². The molecule has 2 aromatic rings. The van der Waals surface area contributed by atoms with E-state index in [1.165, 1.54) is 23.5 Å². The van der Waals surface area contributed by atoms with Crippen molar-refractivity contribution in [3.8, 4) is 5.75 Å². The molecule has 0 radical (unpaired) electrons. The molecule has 1 aliphatic heterocycles. The average Bonchev–Trinajstić information content (AvgIpc) is 2.85. The largest absolute Gasteiger partial charge is 0.486 e. The second kappa shape index (κ2) is 11.9. The molecule has 2 aromatic carbocycles. The monoisotopic (exact) mass is 532 g/mol. The van der Waals surface area contributed by atoms with Crippen LogP contribution in [-0.4, -0.2) is 79.6 Å². The number of aliphatic hydroxyl groups is 1. The molecule has 0 spiro atoms. The van der Waals surface area contributed by atoms with Gasteiger partial charge in [-0.3, -0.25) is 4.79 Å². The second-order valence-electron chi connectivity index (χ2n) is 9.66. The molecule has 0 fully saturated rings. The maximum atomic E-state index is 13.5. The summed E-state index contributed by atoms with van der Waals surface area (Å²) >= 11 is 0. The van der Waals surface area contributed by atoms with Gasteiger partial charge in [0.25, 0.3) is 5.91 Å². The molecule has 0 bridgehead atoms. The van der Waals surface area contributed by atoms with E-state index in [4.69, 9.17) is 4.74 Å². The smallest absolute Gasteiger partial charge is 0.319 e. The van der Waals surface area contributed by atoms with E-state index in [0.29, 0.717) is 0 Å². The number of benzene rings is 2. The van der Waals surface area contributed by atoms with Gasteiger partial charge in [0.05, 0.1) is 35.3 Å². The summed E-state index contributed by atoms with van der Waals surface area (Å²) in [6.07, 6.45) is -0.667. The third-order valence-electron chi connectivity index (χ3n) is 6.25. The summed E-state index contributed by atoms with van der Waals surface area (Å²) in [5, 5.41) is 15.3. The highest BCUT2D eigenvalue weighted by atomic mass is 32.2. The maximum absolute atomic E-state index is 13.5. The Morgan fingerprint density at radius 1 is 1.16 bits per heavy atom. The molecule has 11 heteroatoms. The van der Waals surface area contributed by atoms with Crippen LogP contribution < -0.4 is 15.4 Å². The Morgan fingerprint density at radius 3 is 2.46 bits per heavy atom. The molecule has 0 aliphatic carbocycles. The van der Waals surface area contributed by atoms with Gasteiger partial charge in [0.1, 0.15) is 6.10 Å². The van der Waals surface area contributed by atoms with Gasteiger partial charge in [0.2, 0.25) is 10.0 Å². The van der Waals surface area contributed by atoms with Crippen LogP contribution in [0.2, 0.25) is 0 Å². The van der Waals surface area contributed by atoms with Crippen molar-refractivity contribution in [2.24, 2.45) is 5.92 Å². The predicted octanol–water partition coefficient (Wildman–Crippen LogP) is 2.76. The predicted molar refractivity (Wildman–Crippen MR) is 141 cm³/mol. The number of rotatable bonds is 8. The van der Waals surface area contributed by atoms with Gasteiger partial charge in [-0.25, -0.2) is 13.2 Å². The molecule has 1 aliphatic rings. The Bertz CT molecular complexity index is 1200. The maximum Gasteiger partial charge on any atom is 0.319 e. The number of nitrogens with zero attached hydrogens (tertiary/aromatic N) is 2. The number of sulfonamides is 1. The molecular formula is C26H36N4O6S. The van der Waals surface area contributed by atoms with Crippen molar-refractivity contribution in [3.05, 3.63) is 54.1 Å². The highest BCUT2D eigenvalue weighted by molar-refractivity contribution is 7.89. The molecule has 202 valence electrons. The van der Waals surface area contributed by atoms with Gasteiger partial charge >= 0.3 is 6.03 Å². The fourth-order valence-electron chi connectivity index (χ4n) is 4.10. The Labute approximate surface area is 218 Å². The van der Waals surface area contributed by atoms with Crippen LogP contribution in [0.15, 0.2) is 53.4 Å². The lowest BCUT2D eigenvalue weighted by molar-refractivity contribution is 0.0389. The standard InChI is InChI=1S/C26H36N4O6S/c1-17(2)27-26(33)28-22-13-9-12-21-24(22)36-23(18(3)14-30(25(21)32)19(4)16-31)15-29(5)37(34,35)20-10-7-6-8-11-20/h6-13,17-19,23,31H,14-16H2,1-5H3,(H2,27,28,33)/t18-,19-,23-/m1/s1. The molecule has 3 rings (SSSR count). The highest BCUT2D eigenvalue weighted by Crippen LogP contribution is 2.35. The minimum Gasteiger partial charge on any atom is -0.486 e. The van der Waals surface area contributed by atoms with E-state index < -0.39 is 28.2 Å². The number of para-hydroxylation sites is 1. The molecule has 37 heavy (non-hydrogen) atoms. The van der Waals surface area contributed by atoms with Crippen LogP contribution in [0.4, 0.5) is 10.5 Å². The van der Waals surface area contributed by atoms with Crippen LogP contribution in [0.5, 0.6) is 5.75 Å². The van der Waals surface area contributed by atoms with Crippen molar-refractivity contribution in [2.75, 3.05) is 32.1 Å². The summed E-state index contributed by atoms with van der Waals surface area (Å²) < 4.78 is 34.0. The first-order chi connectivity index (χ1) is 17.4. The van der Waals surface area contributed by atoms with Gasteiger partial charge < -0.3 is 25.4 Å². The zero-order valence-electron chi connectivity index (χ0n) is 21.8. The third-order valence-corrected chi connectivity index (χ3v) is 8.09. The fourth-order valence-corrected chi connectivity index (χ4v) is 5.31. The van der Waals surface area contributed by atoms with Crippen LogP contribution in [0.1, 0.15) is 38.1 Å². The number of carbonyl (C=O) groups is 2. The number of fused-ring (bicyclic) bond motifs is 1. The summed E-state index contributed by atoms with van der Waals surface area (Å²) in [6, 6.07) is 11.9. The first-order valence-corrected chi connectivity index (χ1v) is 13.7. The molecule has 10 nitrogen and oxygen atoms in total. The highest BCUT2D eigenvalue weighted by Gasteiger charge is 2.36. The lowest BCUT2D eigenvalue weighted by atomic mass is 9.99. The normalized spacial score (nSPS) is 19.0. The van der Waals surface area contributed by atoms with Crippen LogP contribution in [-0.2, 0) is 10.0 Å². The number of carbonyl (C=O) groups excluding carboxylic acids is 2. The van der Waals surface area contributed by atoms with E-state index in [1.54, 1.807) is 48.2 Å². The Morgan fingerprint density at radius 2 is 1.84 bits per heavy atom. The molecule has 0 saturated heterocycles. The zero-order valence-corrected chi connectivity index (χ0v) is 22.7. The Hall–Kier alpha value is -3.15. The molecule has 0 aromatic heterocycles. The number of ether oxygens (including phenoxy) is 1. The molecule has 0 saturated carbocycles. The van der Waals surface area contributed by atoms with E-state index in [-0.39, 0.29) is 59.5 Å². The lowest BCUT2D eigenvalue weighted by Crippen LogP contribution is -2.50. The van der Waals surface area contributed by atoms with E-state index in [0.717, 1.165) is 0 Å².